The van der Waals surface area contributed by atoms with Gasteiger partial charge >= 0.3 is 0 Å². The molecule has 2 aromatic rings. The van der Waals surface area contributed by atoms with Gasteiger partial charge in [0.2, 0.25) is 5.95 Å². The number of hydrogen-bond acceptors (Lipinski definition) is 7. The van der Waals surface area contributed by atoms with Crippen LogP contribution in [0.5, 0.6) is 0 Å². The van der Waals surface area contributed by atoms with E-state index in [1.54, 1.807) is 12.3 Å². The first-order valence-corrected chi connectivity index (χ1v) is 4.65. The maximum atomic E-state index is 5.50. The molecule has 0 radical (unpaired) electrons. The predicted molar refractivity (Wildman–Crippen MR) is 60.3 cm³/mol. The van der Waals surface area contributed by atoms with E-state index in [-0.39, 0.29) is 5.95 Å². The Morgan fingerprint density at radius 1 is 1.31 bits per heavy atom. The lowest BCUT2D eigenvalue weighted by Gasteiger charge is -2.06. The highest BCUT2D eigenvalue weighted by atomic mass is 16.3. The van der Waals surface area contributed by atoms with E-state index in [0.29, 0.717) is 18.2 Å². The zero-order valence-electron chi connectivity index (χ0n) is 8.47. The summed E-state index contributed by atoms with van der Waals surface area (Å²) in [5.41, 5.74) is 7.91. The standard InChI is InChI=1S/C9H12N6O/c10-9-13-7(4-8(14-9)15-11)12-5-6-2-1-3-16-6/h1-4H,5,11H2,(H4,10,12,13,14,15). The van der Waals surface area contributed by atoms with Gasteiger partial charge in [0.15, 0.2) is 0 Å². The van der Waals surface area contributed by atoms with E-state index in [9.17, 15) is 0 Å². The van der Waals surface area contributed by atoms with Crippen LogP contribution in [-0.4, -0.2) is 9.97 Å². The summed E-state index contributed by atoms with van der Waals surface area (Å²) in [4.78, 5) is 7.86. The molecule has 0 saturated heterocycles. The number of nitrogens with two attached hydrogens (primary N) is 2. The van der Waals surface area contributed by atoms with Crippen LogP contribution in [0.1, 0.15) is 5.76 Å². The molecule has 0 bridgehead atoms. The van der Waals surface area contributed by atoms with Gasteiger partial charge < -0.3 is 20.9 Å². The third-order valence-electron chi connectivity index (χ3n) is 1.92. The van der Waals surface area contributed by atoms with Crippen molar-refractivity contribution < 1.29 is 4.42 Å². The van der Waals surface area contributed by atoms with Gasteiger partial charge in [0.1, 0.15) is 17.4 Å². The summed E-state index contributed by atoms with van der Waals surface area (Å²) in [7, 11) is 0. The molecule has 7 heteroatoms. The molecule has 2 heterocycles. The van der Waals surface area contributed by atoms with E-state index in [4.69, 9.17) is 16.0 Å². The van der Waals surface area contributed by atoms with Crippen LogP contribution in [0.15, 0.2) is 28.9 Å². The van der Waals surface area contributed by atoms with Crippen molar-refractivity contribution in [2.75, 3.05) is 16.5 Å². The Labute approximate surface area is 91.8 Å². The number of furan rings is 1. The highest BCUT2D eigenvalue weighted by molar-refractivity contribution is 5.50. The number of rotatable bonds is 4. The average Bonchev–Trinajstić information content (AvgIpc) is 2.78. The van der Waals surface area contributed by atoms with Gasteiger partial charge in [0, 0.05) is 6.07 Å². The topological polar surface area (TPSA) is 115 Å². The number of hydrogen-bond donors (Lipinski definition) is 4. The summed E-state index contributed by atoms with van der Waals surface area (Å²) in [5.74, 6) is 7.23. The second-order valence-electron chi connectivity index (χ2n) is 3.07. The third-order valence-corrected chi connectivity index (χ3v) is 1.92. The number of nitrogens with one attached hydrogen (secondary N) is 2. The molecule has 0 aromatic carbocycles. The maximum Gasteiger partial charge on any atom is 0.223 e. The molecule has 0 spiro atoms. The molecule has 0 aliphatic carbocycles. The largest absolute Gasteiger partial charge is 0.467 e. The molecule has 2 aromatic heterocycles. The van der Waals surface area contributed by atoms with Gasteiger partial charge in [-0.1, -0.05) is 0 Å². The molecule has 0 aliphatic rings. The van der Waals surface area contributed by atoms with Crippen molar-refractivity contribution in [3.63, 3.8) is 0 Å². The quantitative estimate of drug-likeness (QED) is 0.439. The van der Waals surface area contributed by atoms with E-state index in [1.807, 2.05) is 12.1 Å². The first kappa shape index (κ1) is 10.2. The van der Waals surface area contributed by atoms with Crippen LogP contribution in [-0.2, 0) is 6.54 Å². The maximum absolute atomic E-state index is 5.50. The van der Waals surface area contributed by atoms with Gasteiger partial charge in [-0.3, -0.25) is 0 Å². The van der Waals surface area contributed by atoms with Crippen molar-refractivity contribution in [3.8, 4) is 0 Å². The van der Waals surface area contributed by atoms with Crippen molar-refractivity contribution in [1.82, 2.24) is 9.97 Å². The minimum absolute atomic E-state index is 0.150. The molecule has 16 heavy (non-hydrogen) atoms. The number of aromatic nitrogens is 2. The molecule has 0 unspecified atom stereocenters. The highest BCUT2D eigenvalue weighted by Crippen LogP contribution is 2.12. The lowest BCUT2D eigenvalue weighted by Crippen LogP contribution is -2.11. The van der Waals surface area contributed by atoms with E-state index in [1.165, 1.54) is 0 Å². The van der Waals surface area contributed by atoms with Crippen molar-refractivity contribution in [2.24, 2.45) is 5.84 Å². The van der Waals surface area contributed by atoms with Crippen LogP contribution >= 0.6 is 0 Å². The molecular weight excluding hydrogens is 208 g/mol. The summed E-state index contributed by atoms with van der Waals surface area (Å²) in [5, 5.41) is 3.04. The van der Waals surface area contributed by atoms with Crippen LogP contribution in [0.4, 0.5) is 17.6 Å². The fraction of sp³-hybridized carbons (Fsp3) is 0.111. The smallest absolute Gasteiger partial charge is 0.223 e. The summed E-state index contributed by atoms with van der Waals surface area (Å²) in [6, 6.07) is 5.33. The summed E-state index contributed by atoms with van der Waals surface area (Å²) < 4.78 is 5.16. The van der Waals surface area contributed by atoms with Crippen LogP contribution in [0.3, 0.4) is 0 Å². The number of anilines is 3. The molecule has 0 fully saturated rings. The number of hydrazine groups is 1. The molecule has 6 N–H and O–H groups in total. The van der Waals surface area contributed by atoms with Crippen LogP contribution < -0.4 is 22.3 Å². The van der Waals surface area contributed by atoms with Crippen LogP contribution in [0.2, 0.25) is 0 Å². The van der Waals surface area contributed by atoms with E-state index in [0.717, 1.165) is 5.76 Å². The van der Waals surface area contributed by atoms with Crippen molar-refractivity contribution in [3.05, 3.63) is 30.2 Å². The molecule has 0 atom stereocenters. The Balaban J connectivity index is 2.06. The number of nitrogens with zero attached hydrogens (tertiary/aromatic N) is 2. The first-order valence-electron chi connectivity index (χ1n) is 4.65. The first-order chi connectivity index (χ1) is 7.78. The highest BCUT2D eigenvalue weighted by Gasteiger charge is 2.01. The minimum Gasteiger partial charge on any atom is -0.467 e. The van der Waals surface area contributed by atoms with Crippen LogP contribution in [0, 0.1) is 0 Å². The predicted octanol–water partition coefficient (Wildman–Crippen LogP) is 0.549. The van der Waals surface area contributed by atoms with Crippen LogP contribution in [0.25, 0.3) is 0 Å². The zero-order valence-corrected chi connectivity index (χ0v) is 8.47. The monoisotopic (exact) mass is 220 g/mol. The lowest BCUT2D eigenvalue weighted by molar-refractivity contribution is 0.518. The Morgan fingerprint density at radius 2 is 2.12 bits per heavy atom. The second-order valence-corrected chi connectivity index (χ2v) is 3.07. The SMILES string of the molecule is NNc1cc(NCc2ccco2)nc(N)n1. The molecule has 0 saturated carbocycles. The summed E-state index contributed by atoms with van der Waals surface area (Å²) in [6.45, 7) is 0.521. The Bertz CT molecular complexity index is 455. The third kappa shape index (κ3) is 2.39. The van der Waals surface area contributed by atoms with Gasteiger partial charge in [-0.2, -0.15) is 9.97 Å². The fourth-order valence-electron chi connectivity index (χ4n) is 1.22. The average molecular weight is 220 g/mol. The van der Waals surface area contributed by atoms with Crippen molar-refractivity contribution >= 4 is 17.6 Å². The normalized spacial score (nSPS) is 10.1. The van der Waals surface area contributed by atoms with Gasteiger partial charge in [-0.25, -0.2) is 5.84 Å². The van der Waals surface area contributed by atoms with Crippen molar-refractivity contribution in [2.45, 2.75) is 6.54 Å². The second kappa shape index (κ2) is 4.49. The molecule has 0 aliphatic heterocycles. The van der Waals surface area contributed by atoms with Gasteiger partial charge in [0.05, 0.1) is 12.8 Å². The summed E-state index contributed by atoms with van der Waals surface area (Å²) in [6.07, 6.45) is 1.61. The molecule has 0 amide bonds. The van der Waals surface area contributed by atoms with E-state index < -0.39 is 0 Å². The van der Waals surface area contributed by atoms with Gasteiger partial charge in [0.25, 0.3) is 0 Å². The molecule has 2 rings (SSSR count). The zero-order chi connectivity index (χ0) is 11.4. The summed E-state index contributed by atoms with van der Waals surface area (Å²) >= 11 is 0. The van der Waals surface area contributed by atoms with Gasteiger partial charge in [-0.15, -0.1) is 0 Å². The lowest BCUT2D eigenvalue weighted by atomic mass is 10.4. The van der Waals surface area contributed by atoms with E-state index >= 15 is 0 Å². The molecular formula is C9H12N6O. The Hall–Kier alpha value is -2.28. The molecule has 7 nitrogen and oxygen atoms in total. The Kier molecular flexibility index (Phi) is 2.88. The fourth-order valence-corrected chi connectivity index (χ4v) is 1.22. The molecule has 84 valence electrons. The van der Waals surface area contributed by atoms with E-state index in [2.05, 4.69) is 20.7 Å². The minimum atomic E-state index is 0.150. The Morgan fingerprint density at radius 3 is 2.81 bits per heavy atom. The van der Waals surface area contributed by atoms with Gasteiger partial charge in [-0.05, 0) is 12.1 Å². The van der Waals surface area contributed by atoms with Crippen molar-refractivity contribution in [1.29, 1.82) is 0 Å². The number of nitrogen functional groups attached to an aromatic ring is 2.